The highest BCUT2D eigenvalue weighted by atomic mass is 15.1. The molecule has 1 aromatic heterocycles. The average Bonchev–Trinajstić information content (AvgIpc) is 2.52. The van der Waals surface area contributed by atoms with Gasteiger partial charge in [-0.25, -0.2) is 4.98 Å². The van der Waals surface area contributed by atoms with Gasteiger partial charge in [0.25, 0.3) is 0 Å². The van der Waals surface area contributed by atoms with E-state index in [-0.39, 0.29) is 0 Å². The standard InChI is InChI=1S/C17H22N4/c18-17-16(7-4-10-19-17)20-15-8-11-21(12-9-15)13-14-5-2-1-3-6-14/h1-7,10,15,20H,8-9,11-13H2,(H2,18,19). The van der Waals surface area contributed by atoms with Gasteiger partial charge in [-0.3, -0.25) is 4.90 Å². The Hall–Kier alpha value is -2.07. The first kappa shape index (κ1) is 13.9. The number of pyridine rings is 1. The maximum absolute atomic E-state index is 5.88. The monoisotopic (exact) mass is 282 g/mol. The number of nitrogens with zero attached hydrogens (tertiary/aromatic N) is 2. The second kappa shape index (κ2) is 6.59. The van der Waals surface area contributed by atoms with E-state index in [4.69, 9.17) is 5.73 Å². The van der Waals surface area contributed by atoms with E-state index in [1.807, 2.05) is 12.1 Å². The Labute approximate surface area is 126 Å². The van der Waals surface area contributed by atoms with Crippen LogP contribution in [0.2, 0.25) is 0 Å². The molecule has 0 saturated carbocycles. The van der Waals surface area contributed by atoms with E-state index in [1.165, 1.54) is 5.56 Å². The molecule has 0 radical (unpaired) electrons. The van der Waals surface area contributed by atoms with Crippen LogP contribution in [-0.2, 0) is 6.54 Å². The highest BCUT2D eigenvalue weighted by Gasteiger charge is 2.19. The van der Waals surface area contributed by atoms with Crippen molar-refractivity contribution in [2.45, 2.75) is 25.4 Å². The Morgan fingerprint density at radius 3 is 2.57 bits per heavy atom. The van der Waals surface area contributed by atoms with Crippen molar-refractivity contribution in [3.05, 3.63) is 54.2 Å². The van der Waals surface area contributed by atoms with Crippen molar-refractivity contribution in [1.82, 2.24) is 9.88 Å². The molecule has 0 spiro atoms. The third-order valence-electron chi connectivity index (χ3n) is 4.03. The zero-order valence-electron chi connectivity index (χ0n) is 12.2. The summed E-state index contributed by atoms with van der Waals surface area (Å²) in [6.07, 6.45) is 4.01. The number of likely N-dealkylation sites (tertiary alicyclic amines) is 1. The molecule has 0 bridgehead atoms. The van der Waals surface area contributed by atoms with Gasteiger partial charge >= 0.3 is 0 Å². The number of hydrogen-bond acceptors (Lipinski definition) is 4. The Morgan fingerprint density at radius 2 is 1.86 bits per heavy atom. The maximum atomic E-state index is 5.88. The van der Waals surface area contributed by atoms with Crippen molar-refractivity contribution in [1.29, 1.82) is 0 Å². The number of piperidine rings is 1. The summed E-state index contributed by atoms with van der Waals surface area (Å²) in [5, 5.41) is 3.52. The van der Waals surface area contributed by atoms with Crippen LogP contribution in [0.5, 0.6) is 0 Å². The Kier molecular flexibility index (Phi) is 4.36. The topological polar surface area (TPSA) is 54.2 Å². The molecule has 1 aromatic carbocycles. The Bertz CT molecular complexity index is 562. The molecule has 4 nitrogen and oxygen atoms in total. The first-order chi connectivity index (χ1) is 10.3. The van der Waals surface area contributed by atoms with Crippen molar-refractivity contribution in [3.8, 4) is 0 Å². The van der Waals surface area contributed by atoms with E-state index in [1.54, 1.807) is 6.20 Å². The molecule has 3 rings (SSSR count). The molecule has 0 amide bonds. The van der Waals surface area contributed by atoms with Gasteiger partial charge in [0.15, 0.2) is 0 Å². The van der Waals surface area contributed by atoms with Crippen LogP contribution < -0.4 is 11.1 Å². The van der Waals surface area contributed by atoms with Crippen LogP contribution >= 0.6 is 0 Å². The lowest BCUT2D eigenvalue weighted by atomic mass is 10.0. The van der Waals surface area contributed by atoms with E-state index in [0.717, 1.165) is 38.2 Å². The molecule has 0 atom stereocenters. The Morgan fingerprint density at radius 1 is 1.10 bits per heavy atom. The van der Waals surface area contributed by atoms with E-state index in [9.17, 15) is 0 Å². The number of rotatable bonds is 4. The molecule has 1 saturated heterocycles. The molecular formula is C17H22N4. The summed E-state index contributed by atoms with van der Waals surface area (Å²) in [5.74, 6) is 0.587. The van der Waals surface area contributed by atoms with Crippen LogP contribution in [0.1, 0.15) is 18.4 Å². The number of nitrogens with two attached hydrogens (primary N) is 1. The van der Waals surface area contributed by atoms with E-state index in [2.05, 4.69) is 45.5 Å². The van der Waals surface area contributed by atoms with Crippen LogP contribution in [0, 0.1) is 0 Å². The van der Waals surface area contributed by atoms with E-state index in [0.29, 0.717) is 11.9 Å². The van der Waals surface area contributed by atoms with Gasteiger partial charge in [-0.05, 0) is 30.5 Å². The van der Waals surface area contributed by atoms with Crippen LogP contribution in [0.3, 0.4) is 0 Å². The smallest absolute Gasteiger partial charge is 0.146 e. The number of anilines is 2. The summed E-state index contributed by atoms with van der Waals surface area (Å²) >= 11 is 0. The molecule has 1 aliphatic rings. The molecule has 4 heteroatoms. The SMILES string of the molecule is Nc1ncccc1NC1CCN(Cc2ccccc2)CC1. The molecule has 0 unspecified atom stereocenters. The summed E-state index contributed by atoms with van der Waals surface area (Å²) in [4.78, 5) is 6.63. The second-order valence-electron chi connectivity index (χ2n) is 5.62. The van der Waals surface area contributed by atoms with Gasteiger partial charge in [-0.15, -0.1) is 0 Å². The minimum atomic E-state index is 0.489. The minimum Gasteiger partial charge on any atom is -0.382 e. The predicted octanol–water partition coefficient (Wildman–Crippen LogP) is 2.74. The highest BCUT2D eigenvalue weighted by molar-refractivity contribution is 5.61. The van der Waals surface area contributed by atoms with Crippen molar-refractivity contribution in [2.75, 3.05) is 24.1 Å². The van der Waals surface area contributed by atoms with Crippen LogP contribution in [0.15, 0.2) is 48.7 Å². The fourth-order valence-corrected chi connectivity index (χ4v) is 2.84. The lowest BCUT2D eigenvalue weighted by molar-refractivity contribution is 0.211. The first-order valence-electron chi connectivity index (χ1n) is 7.54. The van der Waals surface area contributed by atoms with Crippen molar-refractivity contribution in [3.63, 3.8) is 0 Å². The quantitative estimate of drug-likeness (QED) is 0.905. The molecule has 21 heavy (non-hydrogen) atoms. The predicted molar refractivity (Wildman–Crippen MR) is 87.0 cm³/mol. The minimum absolute atomic E-state index is 0.489. The molecular weight excluding hydrogens is 260 g/mol. The van der Waals surface area contributed by atoms with Gasteiger partial charge in [0, 0.05) is 31.9 Å². The number of aromatic nitrogens is 1. The number of benzene rings is 1. The maximum Gasteiger partial charge on any atom is 0.146 e. The lowest BCUT2D eigenvalue weighted by Gasteiger charge is -2.33. The molecule has 1 fully saturated rings. The fraction of sp³-hybridized carbons (Fsp3) is 0.353. The zero-order chi connectivity index (χ0) is 14.5. The summed E-state index contributed by atoms with van der Waals surface area (Å²) < 4.78 is 0. The average molecular weight is 282 g/mol. The van der Waals surface area contributed by atoms with Gasteiger partial charge in [-0.1, -0.05) is 30.3 Å². The van der Waals surface area contributed by atoms with Crippen molar-refractivity contribution < 1.29 is 0 Å². The van der Waals surface area contributed by atoms with Gasteiger partial charge < -0.3 is 11.1 Å². The van der Waals surface area contributed by atoms with E-state index >= 15 is 0 Å². The molecule has 110 valence electrons. The van der Waals surface area contributed by atoms with Crippen LogP contribution in [-0.4, -0.2) is 29.0 Å². The van der Waals surface area contributed by atoms with Gasteiger partial charge in [0.1, 0.15) is 5.82 Å². The molecule has 1 aliphatic heterocycles. The normalized spacial score (nSPS) is 16.8. The molecule has 2 aromatic rings. The van der Waals surface area contributed by atoms with E-state index < -0.39 is 0 Å². The zero-order valence-corrected chi connectivity index (χ0v) is 12.2. The second-order valence-corrected chi connectivity index (χ2v) is 5.62. The number of nitrogen functional groups attached to an aromatic ring is 1. The largest absolute Gasteiger partial charge is 0.382 e. The van der Waals surface area contributed by atoms with Gasteiger partial charge in [0.05, 0.1) is 5.69 Å². The van der Waals surface area contributed by atoms with Gasteiger partial charge in [-0.2, -0.15) is 0 Å². The lowest BCUT2D eigenvalue weighted by Crippen LogP contribution is -2.38. The third kappa shape index (κ3) is 3.73. The summed E-state index contributed by atoms with van der Waals surface area (Å²) in [7, 11) is 0. The molecule has 0 aliphatic carbocycles. The summed E-state index contributed by atoms with van der Waals surface area (Å²) in [5.41, 5.74) is 8.23. The molecule has 3 N–H and O–H groups in total. The molecule has 2 heterocycles. The first-order valence-corrected chi connectivity index (χ1v) is 7.54. The van der Waals surface area contributed by atoms with Crippen molar-refractivity contribution in [2.24, 2.45) is 0 Å². The van der Waals surface area contributed by atoms with Crippen molar-refractivity contribution >= 4 is 11.5 Å². The number of nitrogens with one attached hydrogen (secondary N) is 1. The van der Waals surface area contributed by atoms with Crippen LogP contribution in [0.4, 0.5) is 11.5 Å². The summed E-state index contributed by atoms with van der Waals surface area (Å²) in [6, 6.07) is 15.1. The number of hydrogen-bond donors (Lipinski definition) is 2. The Balaban J connectivity index is 1.50. The highest BCUT2D eigenvalue weighted by Crippen LogP contribution is 2.20. The van der Waals surface area contributed by atoms with Gasteiger partial charge in [0.2, 0.25) is 0 Å². The summed E-state index contributed by atoms with van der Waals surface area (Å²) in [6.45, 7) is 3.28. The van der Waals surface area contributed by atoms with Crippen LogP contribution in [0.25, 0.3) is 0 Å². The third-order valence-corrected chi connectivity index (χ3v) is 4.03. The fourth-order valence-electron chi connectivity index (χ4n) is 2.84.